The predicted octanol–water partition coefficient (Wildman–Crippen LogP) is 13.2. The summed E-state index contributed by atoms with van der Waals surface area (Å²) in [4.78, 5) is 30.4. The van der Waals surface area contributed by atoms with E-state index in [1.807, 2.05) is 9.80 Å². The number of ether oxygens (including phenoxy) is 2. The van der Waals surface area contributed by atoms with Crippen LogP contribution in [-0.4, -0.2) is 74.2 Å². The third-order valence-electron chi connectivity index (χ3n) is 10.7. The molecule has 0 saturated carbocycles. The Hall–Kier alpha value is -1.14. The normalized spacial score (nSPS) is 11.4. The number of rotatable bonds is 43. The standard InChI is InChI=1S/C46H92N2O4/c1-5-9-13-17-21-25-29-33-37-47(38-34-30-26-22-18-14-10-6-2)45(49)43-51-41-42-52-44-46(50)48(39-35-31-27-23-19-15-11-7-3)40-36-32-28-24-20-16-12-8-4/h5-44H2,1-4H3. The minimum absolute atomic E-state index is 0.101. The highest BCUT2D eigenvalue weighted by molar-refractivity contribution is 5.77. The lowest BCUT2D eigenvalue weighted by Crippen LogP contribution is -2.37. The second-order valence-corrected chi connectivity index (χ2v) is 15.8. The van der Waals surface area contributed by atoms with Gasteiger partial charge in [-0.05, 0) is 25.7 Å². The van der Waals surface area contributed by atoms with Crippen molar-refractivity contribution >= 4 is 11.8 Å². The van der Waals surface area contributed by atoms with Gasteiger partial charge < -0.3 is 19.3 Å². The van der Waals surface area contributed by atoms with Crippen LogP contribution in [0.1, 0.15) is 233 Å². The highest BCUT2D eigenvalue weighted by atomic mass is 16.5. The molecule has 0 atom stereocenters. The molecule has 2 amide bonds. The molecule has 0 radical (unpaired) electrons. The van der Waals surface area contributed by atoms with Gasteiger partial charge in [-0.1, -0.05) is 207 Å². The molecule has 0 rings (SSSR count). The predicted molar refractivity (Wildman–Crippen MR) is 225 cm³/mol. The second-order valence-electron chi connectivity index (χ2n) is 15.8. The molecular formula is C46H92N2O4. The van der Waals surface area contributed by atoms with Crippen molar-refractivity contribution in [2.45, 2.75) is 233 Å². The Morgan fingerprint density at radius 2 is 0.500 bits per heavy atom. The molecule has 0 heterocycles. The van der Waals surface area contributed by atoms with Gasteiger partial charge in [-0.15, -0.1) is 0 Å². The summed E-state index contributed by atoms with van der Waals surface area (Å²) in [7, 11) is 0. The van der Waals surface area contributed by atoms with E-state index in [1.54, 1.807) is 0 Å². The Morgan fingerprint density at radius 3 is 0.712 bits per heavy atom. The minimum Gasteiger partial charge on any atom is -0.369 e. The van der Waals surface area contributed by atoms with Crippen LogP contribution < -0.4 is 0 Å². The summed E-state index contributed by atoms with van der Waals surface area (Å²) in [6, 6.07) is 0. The zero-order chi connectivity index (χ0) is 38.0. The quantitative estimate of drug-likeness (QED) is 0.0585. The number of carbonyl (C=O) groups excluding carboxylic acids is 2. The first-order valence-corrected chi connectivity index (χ1v) is 23.3. The lowest BCUT2D eigenvalue weighted by atomic mass is 10.1. The third kappa shape index (κ3) is 35.9. The minimum atomic E-state index is 0.101. The third-order valence-corrected chi connectivity index (χ3v) is 10.7. The van der Waals surface area contributed by atoms with Crippen LogP contribution in [0.25, 0.3) is 0 Å². The molecule has 0 N–H and O–H groups in total. The molecule has 0 bridgehead atoms. The monoisotopic (exact) mass is 737 g/mol. The van der Waals surface area contributed by atoms with Crippen molar-refractivity contribution in [3.63, 3.8) is 0 Å². The zero-order valence-electron chi connectivity index (χ0n) is 35.8. The lowest BCUT2D eigenvalue weighted by molar-refractivity contribution is -0.140. The van der Waals surface area contributed by atoms with E-state index in [0.717, 1.165) is 51.9 Å². The average molecular weight is 737 g/mol. The van der Waals surface area contributed by atoms with E-state index in [-0.39, 0.29) is 25.0 Å². The molecule has 0 fully saturated rings. The number of amides is 2. The van der Waals surface area contributed by atoms with Gasteiger partial charge >= 0.3 is 0 Å². The Morgan fingerprint density at radius 1 is 0.308 bits per heavy atom. The van der Waals surface area contributed by atoms with Crippen molar-refractivity contribution in [2.24, 2.45) is 0 Å². The molecule has 0 unspecified atom stereocenters. The largest absolute Gasteiger partial charge is 0.369 e. The summed E-state index contributed by atoms with van der Waals surface area (Å²) in [6.45, 7) is 13.3. The summed E-state index contributed by atoms with van der Waals surface area (Å²) in [5.41, 5.74) is 0. The molecule has 0 saturated heterocycles. The maximum absolute atomic E-state index is 13.2. The molecule has 0 aromatic rings. The Balaban J connectivity index is 4.55. The first-order chi connectivity index (χ1) is 25.6. The first-order valence-electron chi connectivity index (χ1n) is 23.3. The van der Waals surface area contributed by atoms with Crippen molar-refractivity contribution in [3.8, 4) is 0 Å². The molecule has 0 aliphatic rings. The van der Waals surface area contributed by atoms with Crippen LogP contribution in [0, 0.1) is 0 Å². The smallest absolute Gasteiger partial charge is 0.248 e. The van der Waals surface area contributed by atoms with Gasteiger partial charge in [-0.25, -0.2) is 0 Å². The van der Waals surface area contributed by atoms with E-state index in [1.165, 1.54) is 180 Å². The molecule has 0 aliphatic heterocycles. The number of hydrogen-bond acceptors (Lipinski definition) is 4. The van der Waals surface area contributed by atoms with Gasteiger partial charge in [0.15, 0.2) is 0 Å². The van der Waals surface area contributed by atoms with Crippen molar-refractivity contribution < 1.29 is 19.1 Å². The molecule has 6 nitrogen and oxygen atoms in total. The van der Waals surface area contributed by atoms with E-state index in [2.05, 4.69) is 27.7 Å². The highest BCUT2D eigenvalue weighted by Crippen LogP contribution is 2.14. The molecule has 0 aromatic carbocycles. The maximum Gasteiger partial charge on any atom is 0.248 e. The van der Waals surface area contributed by atoms with E-state index < -0.39 is 0 Å². The van der Waals surface area contributed by atoms with Crippen molar-refractivity contribution in [1.29, 1.82) is 0 Å². The summed E-state index contributed by atoms with van der Waals surface area (Å²) >= 11 is 0. The Kier molecular flexibility index (Phi) is 41.7. The van der Waals surface area contributed by atoms with Gasteiger partial charge in [0.1, 0.15) is 13.2 Å². The van der Waals surface area contributed by atoms with Crippen LogP contribution >= 0.6 is 0 Å². The van der Waals surface area contributed by atoms with Crippen LogP contribution in [0.4, 0.5) is 0 Å². The fourth-order valence-corrected chi connectivity index (χ4v) is 7.09. The highest BCUT2D eigenvalue weighted by Gasteiger charge is 2.15. The SMILES string of the molecule is CCCCCCCCCCN(CCCCCCCCCC)C(=O)COCCOCC(=O)N(CCCCCCCCCC)CCCCCCCCCC. The van der Waals surface area contributed by atoms with Gasteiger partial charge in [0.2, 0.25) is 11.8 Å². The van der Waals surface area contributed by atoms with E-state index >= 15 is 0 Å². The molecule has 0 spiro atoms. The van der Waals surface area contributed by atoms with Crippen molar-refractivity contribution in [2.75, 3.05) is 52.6 Å². The zero-order valence-corrected chi connectivity index (χ0v) is 35.8. The Labute approximate surface area is 325 Å². The van der Waals surface area contributed by atoms with Gasteiger partial charge in [-0.2, -0.15) is 0 Å². The lowest BCUT2D eigenvalue weighted by Gasteiger charge is -2.23. The number of hydrogen-bond donors (Lipinski definition) is 0. The number of carbonyl (C=O) groups is 2. The maximum atomic E-state index is 13.2. The summed E-state index contributed by atoms with van der Waals surface area (Å²) in [5, 5.41) is 0. The molecule has 52 heavy (non-hydrogen) atoms. The Bertz CT molecular complexity index is 633. The summed E-state index contributed by atoms with van der Waals surface area (Å²) in [5.74, 6) is 0.202. The fraction of sp³-hybridized carbons (Fsp3) is 0.957. The fourth-order valence-electron chi connectivity index (χ4n) is 7.09. The van der Waals surface area contributed by atoms with Crippen LogP contribution in [0.5, 0.6) is 0 Å². The second kappa shape index (κ2) is 42.6. The van der Waals surface area contributed by atoms with Gasteiger partial charge in [0.05, 0.1) is 13.2 Å². The summed E-state index contributed by atoms with van der Waals surface area (Å²) < 4.78 is 11.6. The van der Waals surface area contributed by atoms with Crippen LogP contribution in [0.2, 0.25) is 0 Å². The molecule has 310 valence electrons. The molecule has 6 heteroatoms. The van der Waals surface area contributed by atoms with Crippen LogP contribution in [0.3, 0.4) is 0 Å². The average Bonchev–Trinajstić information content (AvgIpc) is 3.15. The van der Waals surface area contributed by atoms with Crippen LogP contribution in [0.15, 0.2) is 0 Å². The summed E-state index contributed by atoms with van der Waals surface area (Å²) in [6.07, 6.45) is 40.8. The van der Waals surface area contributed by atoms with Gasteiger partial charge in [0.25, 0.3) is 0 Å². The van der Waals surface area contributed by atoms with E-state index in [0.29, 0.717) is 13.2 Å². The van der Waals surface area contributed by atoms with Crippen molar-refractivity contribution in [1.82, 2.24) is 9.80 Å². The van der Waals surface area contributed by atoms with Crippen LogP contribution in [-0.2, 0) is 19.1 Å². The van der Waals surface area contributed by atoms with Crippen molar-refractivity contribution in [3.05, 3.63) is 0 Å². The molecule has 0 aliphatic carbocycles. The molecule has 0 aromatic heterocycles. The van der Waals surface area contributed by atoms with E-state index in [4.69, 9.17) is 9.47 Å². The van der Waals surface area contributed by atoms with Gasteiger partial charge in [-0.3, -0.25) is 9.59 Å². The topological polar surface area (TPSA) is 59.1 Å². The van der Waals surface area contributed by atoms with E-state index in [9.17, 15) is 9.59 Å². The number of unbranched alkanes of at least 4 members (excludes halogenated alkanes) is 28. The number of nitrogens with zero attached hydrogens (tertiary/aromatic N) is 2. The molecular weight excluding hydrogens is 645 g/mol. The first kappa shape index (κ1) is 50.9. The van der Waals surface area contributed by atoms with Gasteiger partial charge in [0, 0.05) is 26.2 Å².